The molecule has 8 aromatic heterocycles. The Morgan fingerprint density at radius 1 is 0.302 bits per heavy atom. The van der Waals surface area contributed by atoms with Gasteiger partial charge in [-0.25, -0.2) is 19.9 Å². The molecule has 0 aliphatic carbocycles. The molecule has 0 radical (unpaired) electrons. The lowest BCUT2D eigenvalue weighted by atomic mass is 10.1. The van der Waals surface area contributed by atoms with Crippen molar-refractivity contribution in [2.24, 2.45) is 0 Å². The van der Waals surface area contributed by atoms with E-state index in [9.17, 15) is 16.8 Å². The van der Waals surface area contributed by atoms with E-state index in [2.05, 4.69) is 59.8 Å². The summed E-state index contributed by atoms with van der Waals surface area (Å²) in [5.74, 6) is 7.15. The first kappa shape index (κ1) is 70.7. The van der Waals surface area contributed by atoms with Crippen LogP contribution < -0.4 is 37.9 Å². The minimum atomic E-state index is -1.33. The van der Waals surface area contributed by atoms with Gasteiger partial charge in [0.1, 0.15) is 46.0 Å². The summed E-state index contributed by atoms with van der Waals surface area (Å²) in [5.41, 5.74) is 16.6. The Balaban J connectivity index is 0.000000150. The smallest absolute Gasteiger partial charge is 0.197 e. The van der Waals surface area contributed by atoms with Crippen LogP contribution in [0.3, 0.4) is 0 Å². The van der Waals surface area contributed by atoms with Crippen LogP contribution in [0.15, 0.2) is 118 Å². The molecule has 8 heterocycles. The summed E-state index contributed by atoms with van der Waals surface area (Å²) < 4.78 is 93.1. The van der Waals surface area contributed by atoms with E-state index >= 15 is 0 Å². The lowest BCUT2D eigenvalue weighted by Gasteiger charge is -2.11. The van der Waals surface area contributed by atoms with E-state index in [1.165, 1.54) is 0 Å². The Morgan fingerprint density at radius 3 is 0.677 bits per heavy atom. The lowest BCUT2D eigenvalue weighted by molar-refractivity contribution is 0.407. The van der Waals surface area contributed by atoms with Gasteiger partial charge in [0.05, 0.1) is 190 Å². The fourth-order valence-electron chi connectivity index (χ4n) is 10.4. The number of aromatic nitrogens is 12. The number of nitrogens with zero attached hydrogens (tertiary/aromatic N) is 8. The summed E-state index contributed by atoms with van der Waals surface area (Å²) >= 11 is 0. The van der Waals surface area contributed by atoms with Gasteiger partial charge in [-0.2, -0.15) is 0 Å². The Kier molecular flexibility index (Phi) is 23.4. The number of methoxy groups -OCH3 is 8. The van der Waals surface area contributed by atoms with Gasteiger partial charge in [-0.1, -0.05) is 0 Å². The minimum absolute atomic E-state index is 0.277. The summed E-state index contributed by atoms with van der Waals surface area (Å²) in [6.07, 6.45) is 6.95. The maximum Gasteiger partial charge on any atom is 0.197 e. The van der Waals surface area contributed by atoms with Gasteiger partial charge in [-0.05, 0) is 104 Å². The molecular formula is C68H76N12O12S4. The van der Waals surface area contributed by atoms with E-state index in [0.29, 0.717) is 20.6 Å². The van der Waals surface area contributed by atoms with E-state index in [4.69, 9.17) is 37.9 Å². The van der Waals surface area contributed by atoms with Crippen LogP contribution in [0.5, 0.6) is 46.0 Å². The second kappa shape index (κ2) is 31.7. The van der Waals surface area contributed by atoms with Crippen molar-refractivity contribution in [1.82, 2.24) is 59.8 Å². The van der Waals surface area contributed by atoms with Crippen molar-refractivity contribution >= 4 is 87.3 Å². The zero-order chi connectivity index (χ0) is 69.1. The predicted octanol–water partition coefficient (Wildman–Crippen LogP) is 11.6. The number of hydrogen-bond acceptors (Lipinski definition) is 20. The first-order valence-corrected chi connectivity index (χ1v) is 35.0. The van der Waals surface area contributed by atoms with Gasteiger partial charge in [0, 0.05) is 93.6 Å². The highest BCUT2D eigenvalue weighted by molar-refractivity contribution is 7.84. The standard InChI is InChI=1S/4C17H19N3O3S/c4*1-10-8-18-15(11(2)16(10)23-4)9-24(21)17-19-13-6-5-12(22-3)7-14(13)20-17/h4*5-8H,9H2,1-4H3,(H,19,20)/t4*24-/m0000/s1. The molecule has 24 nitrogen and oxygen atoms in total. The SMILES string of the molecule is COc1ccc2nc([S@@](=O)Cc3ncc(C)c(OC)c3C)[nH]c2c1.COc1ccc2nc([S@@](=O)Cc3ncc(C)c(OC)c3C)[nH]c2c1.COc1ccc2nc([S@@](=O)Cc3ncc(C)c(OC)c3C)[nH]c2c1.COc1ccc2nc([S@@](=O)Cc3ncc(C)c(OC)c3C)[nH]c2c1. The van der Waals surface area contributed by atoms with Gasteiger partial charge in [-0.15, -0.1) is 0 Å². The monoisotopic (exact) mass is 1380 g/mol. The molecule has 4 N–H and O–H groups in total. The first-order chi connectivity index (χ1) is 46.1. The lowest BCUT2D eigenvalue weighted by Crippen LogP contribution is -2.05. The number of H-pyrrole nitrogens is 4. The topological polar surface area (TPSA) is 308 Å². The number of aromatic amines is 4. The number of pyridine rings is 4. The van der Waals surface area contributed by atoms with Crippen molar-refractivity contribution in [2.45, 2.75) is 99.0 Å². The zero-order valence-corrected chi connectivity index (χ0v) is 59.4. The average molecular weight is 1380 g/mol. The summed E-state index contributed by atoms with van der Waals surface area (Å²) in [7, 11) is 7.63. The van der Waals surface area contributed by atoms with Crippen LogP contribution in [0, 0.1) is 55.4 Å². The summed E-state index contributed by atoms with van der Waals surface area (Å²) in [6.45, 7) is 15.4. The fraction of sp³-hybridized carbons (Fsp3) is 0.294. The summed E-state index contributed by atoms with van der Waals surface area (Å²) in [6, 6.07) is 22.0. The van der Waals surface area contributed by atoms with Gasteiger partial charge < -0.3 is 57.8 Å². The van der Waals surface area contributed by atoms with E-state index in [1.54, 1.807) is 81.7 Å². The van der Waals surface area contributed by atoms with Crippen LogP contribution in [-0.2, 0) is 66.2 Å². The third kappa shape index (κ3) is 16.2. The number of fused-ring (bicyclic) bond motifs is 4. The van der Waals surface area contributed by atoms with Crippen LogP contribution in [0.25, 0.3) is 44.1 Å². The number of aryl methyl sites for hydroxylation is 4. The van der Waals surface area contributed by atoms with Crippen molar-refractivity contribution in [1.29, 1.82) is 0 Å². The van der Waals surface area contributed by atoms with Gasteiger partial charge in [0.2, 0.25) is 0 Å². The zero-order valence-electron chi connectivity index (χ0n) is 56.2. The van der Waals surface area contributed by atoms with Gasteiger partial charge in [0.15, 0.2) is 20.6 Å². The highest BCUT2D eigenvalue weighted by Crippen LogP contribution is 2.32. The molecule has 0 spiro atoms. The molecule has 0 aliphatic heterocycles. The number of imidazole rings is 4. The molecule has 0 unspecified atom stereocenters. The summed E-state index contributed by atoms with van der Waals surface area (Å²) in [5, 5.41) is 1.72. The number of nitrogens with one attached hydrogen (secondary N) is 4. The van der Waals surface area contributed by atoms with Crippen molar-refractivity contribution in [3.8, 4) is 46.0 Å². The van der Waals surface area contributed by atoms with E-state index in [0.717, 1.165) is 157 Å². The molecule has 0 aliphatic rings. The maximum absolute atomic E-state index is 12.7. The highest BCUT2D eigenvalue weighted by Gasteiger charge is 2.21. The molecule has 28 heteroatoms. The van der Waals surface area contributed by atoms with Crippen molar-refractivity contribution in [3.05, 3.63) is 165 Å². The Hall–Kier alpha value is -9.64. The molecule has 96 heavy (non-hydrogen) atoms. The Morgan fingerprint density at radius 2 is 0.500 bits per heavy atom. The van der Waals surface area contributed by atoms with Crippen LogP contribution in [0.2, 0.25) is 0 Å². The van der Waals surface area contributed by atoms with Crippen molar-refractivity contribution < 1.29 is 54.7 Å². The van der Waals surface area contributed by atoms with Crippen LogP contribution in [0.4, 0.5) is 0 Å². The Labute approximate surface area is 565 Å². The number of ether oxygens (including phenoxy) is 8. The van der Waals surface area contributed by atoms with Crippen molar-refractivity contribution in [2.75, 3.05) is 56.9 Å². The minimum Gasteiger partial charge on any atom is -0.497 e. The van der Waals surface area contributed by atoms with Crippen LogP contribution >= 0.6 is 0 Å². The molecule has 4 aromatic carbocycles. The first-order valence-electron chi connectivity index (χ1n) is 29.8. The maximum atomic E-state index is 12.7. The number of rotatable bonds is 20. The second-order valence-corrected chi connectivity index (χ2v) is 27.3. The van der Waals surface area contributed by atoms with Crippen LogP contribution in [-0.4, -0.2) is 134 Å². The van der Waals surface area contributed by atoms with E-state index in [1.807, 2.05) is 128 Å². The number of hydrogen-bond donors (Lipinski definition) is 4. The second-order valence-electron chi connectivity index (χ2n) is 21.8. The fourth-order valence-corrected chi connectivity index (χ4v) is 14.8. The van der Waals surface area contributed by atoms with Crippen molar-refractivity contribution in [3.63, 3.8) is 0 Å². The summed E-state index contributed by atoms with van der Waals surface area (Å²) in [4.78, 5) is 47.6. The molecule has 4 atom stereocenters. The quantitative estimate of drug-likeness (QED) is 0.0551. The molecule has 12 rings (SSSR count). The largest absolute Gasteiger partial charge is 0.497 e. The van der Waals surface area contributed by atoms with Gasteiger partial charge >= 0.3 is 0 Å². The van der Waals surface area contributed by atoms with E-state index < -0.39 is 43.2 Å². The average Bonchev–Trinajstić information content (AvgIpc) is 1.74. The van der Waals surface area contributed by atoms with Gasteiger partial charge in [0.25, 0.3) is 0 Å². The molecule has 0 saturated carbocycles. The molecule has 0 saturated heterocycles. The molecule has 504 valence electrons. The highest BCUT2D eigenvalue weighted by atomic mass is 32.2. The molecule has 0 fully saturated rings. The normalized spacial score (nSPS) is 12.3. The Bertz CT molecular complexity index is 4290. The van der Waals surface area contributed by atoms with E-state index in [-0.39, 0.29) is 23.0 Å². The third-order valence-electron chi connectivity index (χ3n) is 15.6. The van der Waals surface area contributed by atoms with Gasteiger partial charge in [-0.3, -0.25) is 36.8 Å². The third-order valence-corrected chi connectivity index (χ3v) is 20.2. The molecular weight excluding hydrogens is 1310 g/mol. The number of benzene rings is 4. The predicted molar refractivity (Wildman–Crippen MR) is 372 cm³/mol. The molecule has 0 bridgehead atoms. The molecule has 0 amide bonds. The molecule has 12 aromatic rings. The van der Waals surface area contributed by atoms with Crippen LogP contribution in [0.1, 0.15) is 67.3 Å².